The second-order valence-corrected chi connectivity index (χ2v) is 3.27. The normalized spacial score (nSPS) is 11.6. The largest absolute Gasteiger partial charge is 0.322 e. The second kappa shape index (κ2) is 4.56. The number of rotatable bonds is 2. The van der Waals surface area contributed by atoms with Crippen LogP contribution in [-0.2, 0) is 4.79 Å². The smallest absolute Gasteiger partial charge is 0.241 e. The maximum atomic E-state index is 13.3. The third-order valence-corrected chi connectivity index (χ3v) is 2.06. The summed E-state index contributed by atoms with van der Waals surface area (Å²) in [5.41, 5.74) is 0.776. The van der Waals surface area contributed by atoms with Crippen LogP contribution < -0.4 is 5.32 Å². The number of benzene rings is 1. The van der Waals surface area contributed by atoms with Crippen molar-refractivity contribution in [3.63, 3.8) is 0 Å². The van der Waals surface area contributed by atoms with Crippen LogP contribution >= 0.6 is 0 Å². The zero-order valence-corrected chi connectivity index (χ0v) is 8.54. The average Bonchev–Trinajstić information content (AvgIpc) is 2.22. The molecule has 0 aromatic heterocycles. The molecular weight excluding hydrogens is 195 g/mol. The number of hydrogen-bond donors (Lipinski definition) is 1. The number of para-hydroxylation sites is 1. The van der Waals surface area contributed by atoms with Crippen molar-refractivity contribution in [3.8, 4) is 6.07 Å². The average molecular weight is 206 g/mol. The van der Waals surface area contributed by atoms with E-state index in [1.807, 2.05) is 0 Å². The number of aryl methyl sites for hydroxylation is 1. The van der Waals surface area contributed by atoms with Gasteiger partial charge in [0.05, 0.1) is 11.8 Å². The first kappa shape index (κ1) is 11.2. The number of nitrogens with one attached hydrogen (secondary N) is 1. The van der Waals surface area contributed by atoms with Crippen molar-refractivity contribution in [1.82, 2.24) is 0 Å². The molecule has 1 aromatic carbocycles. The van der Waals surface area contributed by atoms with Gasteiger partial charge in [0, 0.05) is 0 Å². The highest BCUT2D eigenvalue weighted by molar-refractivity contribution is 5.94. The first-order chi connectivity index (χ1) is 7.06. The van der Waals surface area contributed by atoms with Gasteiger partial charge in [-0.05, 0) is 25.5 Å². The van der Waals surface area contributed by atoms with Gasteiger partial charge in [0.15, 0.2) is 0 Å². The summed E-state index contributed by atoms with van der Waals surface area (Å²) in [5, 5.41) is 10.9. The molecule has 3 nitrogen and oxygen atoms in total. The Bertz CT molecular complexity index is 403. The zero-order chi connectivity index (χ0) is 11.4. The Morgan fingerprint density at radius 1 is 1.60 bits per heavy atom. The lowest BCUT2D eigenvalue weighted by molar-refractivity contribution is -0.117. The molecule has 1 N–H and O–H groups in total. The number of carbonyl (C=O) groups is 1. The molecular formula is C11H11FN2O. The van der Waals surface area contributed by atoms with E-state index in [-0.39, 0.29) is 5.69 Å². The molecule has 1 amide bonds. The zero-order valence-electron chi connectivity index (χ0n) is 8.54. The van der Waals surface area contributed by atoms with Gasteiger partial charge in [-0.2, -0.15) is 5.26 Å². The van der Waals surface area contributed by atoms with Gasteiger partial charge in [0.2, 0.25) is 5.91 Å². The molecule has 1 unspecified atom stereocenters. The molecule has 1 rings (SSSR count). The molecule has 0 aliphatic heterocycles. The Kier molecular flexibility index (Phi) is 3.40. The predicted molar refractivity (Wildman–Crippen MR) is 54.5 cm³/mol. The van der Waals surface area contributed by atoms with Crippen LogP contribution in [0.3, 0.4) is 0 Å². The number of anilines is 1. The topological polar surface area (TPSA) is 52.9 Å². The van der Waals surface area contributed by atoms with Gasteiger partial charge in [-0.1, -0.05) is 12.1 Å². The van der Waals surface area contributed by atoms with E-state index in [1.165, 1.54) is 13.0 Å². The fraction of sp³-hybridized carbons (Fsp3) is 0.273. The van der Waals surface area contributed by atoms with Crippen molar-refractivity contribution >= 4 is 11.6 Å². The third-order valence-electron chi connectivity index (χ3n) is 2.06. The maximum Gasteiger partial charge on any atom is 0.241 e. The second-order valence-electron chi connectivity index (χ2n) is 3.27. The van der Waals surface area contributed by atoms with Crippen LogP contribution in [0.25, 0.3) is 0 Å². The minimum absolute atomic E-state index is 0.143. The van der Waals surface area contributed by atoms with Crippen LogP contribution in [0.2, 0.25) is 0 Å². The van der Waals surface area contributed by atoms with E-state index >= 15 is 0 Å². The Labute approximate surface area is 87.5 Å². The lowest BCUT2D eigenvalue weighted by atomic mass is 10.1. The first-order valence-corrected chi connectivity index (χ1v) is 4.52. The van der Waals surface area contributed by atoms with Crippen LogP contribution in [-0.4, -0.2) is 5.91 Å². The van der Waals surface area contributed by atoms with E-state index < -0.39 is 17.6 Å². The van der Waals surface area contributed by atoms with Crippen LogP contribution in [0, 0.1) is 30.0 Å². The van der Waals surface area contributed by atoms with Crippen LogP contribution in [0.5, 0.6) is 0 Å². The van der Waals surface area contributed by atoms with Crippen LogP contribution in [0.15, 0.2) is 18.2 Å². The number of carbonyl (C=O) groups excluding carboxylic acids is 1. The van der Waals surface area contributed by atoms with Crippen LogP contribution in [0.4, 0.5) is 10.1 Å². The summed E-state index contributed by atoms with van der Waals surface area (Å²) in [6, 6.07) is 6.31. The van der Waals surface area contributed by atoms with Gasteiger partial charge in [0.1, 0.15) is 11.7 Å². The molecule has 0 bridgehead atoms. The minimum atomic E-state index is -0.788. The van der Waals surface area contributed by atoms with E-state index in [2.05, 4.69) is 5.32 Å². The third kappa shape index (κ3) is 2.53. The monoisotopic (exact) mass is 206 g/mol. The Hall–Kier alpha value is -1.89. The molecule has 0 radical (unpaired) electrons. The van der Waals surface area contributed by atoms with Gasteiger partial charge in [-0.3, -0.25) is 4.79 Å². The Morgan fingerprint density at radius 3 is 2.80 bits per heavy atom. The summed E-state index contributed by atoms with van der Waals surface area (Å²) in [6.45, 7) is 3.15. The molecule has 0 spiro atoms. The number of hydrogen-bond acceptors (Lipinski definition) is 2. The fourth-order valence-electron chi connectivity index (χ4n) is 1.08. The highest BCUT2D eigenvalue weighted by Crippen LogP contribution is 2.19. The predicted octanol–water partition coefficient (Wildman–Crippen LogP) is 2.23. The lowest BCUT2D eigenvalue weighted by Gasteiger charge is -2.09. The van der Waals surface area contributed by atoms with Crippen molar-refractivity contribution in [2.75, 3.05) is 5.32 Å². The fourth-order valence-corrected chi connectivity index (χ4v) is 1.08. The number of nitrogens with zero attached hydrogens (tertiary/aromatic N) is 1. The molecule has 0 fully saturated rings. The number of halogens is 1. The van der Waals surface area contributed by atoms with Crippen LogP contribution in [0.1, 0.15) is 12.5 Å². The SMILES string of the molecule is Cc1cccc(F)c1NC(=O)C(C)C#N. The molecule has 78 valence electrons. The van der Waals surface area contributed by atoms with Crippen molar-refractivity contribution in [2.24, 2.45) is 5.92 Å². The van der Waals surface area contributed by atoms with Crippen molar-refractivity contribution < 1.29 is 9.18 Å². The molecule has 0 saturated heterocycles. The summed E-state index contributed by atoms with van der Waals surface area (Å²) in [6.07, 6.45) is 0. The van der Waals surface area contributed by atoms with E-state index in [0.29, 0.717) is 5.56 Å². The van der Waals surface area contributed by atoms with E-state index in [4.69, 9.17) is 5.26 Å². The summed E-state index contributed by atoms with van der Waals surface area (Å²) < 4.78 is 13.3. The Balaban J connectivity index is 2.91. The van der Waals surface area contributed by atoms with Crippen molar-refractivity contribution in [2.45, 2.75) is 13.8 Å². The van der Waals surface area contributed by atoms with Gasteiger partial charge in [0.25, 0.3) is 0 Å². The highest BCUT2D eigenvalue weighted by Gasteiger charge is 2.14. The van der Waals surface area contributed by atoms with Gasteiger partial charge < -0.3 is 5.32 Å². The quantitative estimate of drug-likeness (QED) is 0.806. The first-order valence-electron chi connectivity index (χ1n) is 4.52. The standard InChI is InChI=1S/C11H11FN2O/c1-7-4-3-5-9(12)10(7)14-11(15)8(2)6-13/h3-5,8H,1-2H3,(H,14,15). The van der Waals surface area contributed by atoms with Gasteiger partial charge in [-0.15, -0.1) is 0 Å². The van der Waals surface area contributed by atoms with Crippen molar-refractivity contribution in [1.29, 1.82) is 5.26 Å². The molecule has 4 heteroatoms. The Morgan fingerprint density at radius 2 is 2.27 bits per heavy atom. The minimum Gasteiger partial charge on any atom is -0.322 e. The molecule has 0 aliphatic carbocycles. The van der Waals surface area contributed by atoms with Gasteiger partial charge in [-0.25, -0.2) is 4.39 Å². The van der Waals surface area contributed by atoms with E-state index in [9.17, 15) is 9.18 Å². The van der Waals surface area contributed by atoms with E-state index in [1.54, 1.807) is 25.1 Å². The molecule has 0 saturated carbocycles. The summed E-state index contributed by atoms with van der Waals surface area (Å²) in [7, 11) is 0. The van der Waals surface area contributed by atoms with Crippen molar-refractivity contribution in [3.05, 3.63) is 29.6 Å². The summed E-state index contributed by atoms with van der Waals surface area (Å²) in [4.78, 5) is 11.3. The molecule has 1 aromatic rings. The number of nitriles is 1. The van der Waals surface area contributed by atoms with E-state index in [0.717, 1.165) is 0 Å². The van der Waals surface area contributed by atoms with Gasteiger partial charge >= 0.3 is 0 Å². The maximum absolute atomic E-state index is 13.3. The molecule has 0 aliphatic rings. The summed E-state index contributed by atoms with van der Waals surface area (Å²) >= 11 is 0. The highest BCUT2D eigenvalue weighted by atomic mass is 19.1. The molecule has 15 heavy (non-hydrogen) atoms. The molecule has 1 atom stereocenters. The number of amides is 1. The lowest BCUT2D eigenvalue weighted by Crippen LogP contribution is -2.20. The molecule has 0 heterocycles. The summed E-state index contributed by atoms with van der Waals surface area (Å²) in [5.74, 6) is -1.77.